The summed E-state index contributed by atoms with van der Waals surface area (Å²) in [6, 6.07) is 13.7. The lowest BCUT2D eigenvalue weighted by atomic mass is 10.1. The molecule has 0 aliphatic rings. The molecule has 1 heterocycles. The Morgan fingerprint density at radius 3 is 2.70 bits per heavy atom. The maximum absolute atomic E-state index is 6.09. The van der Waals surface area contributed by atoms with E-state index >= 15 is 0 Å². The fourth-order valence-electron chi connectivity index (χ4n) is 2.35. The number of H-pyrrole nitrogens is 1. The summed E-state index contributed by atoms with van der Waals surface area (Å²) in [6.07, 6.45) is 1.68. The highest BCUT2D eigenvalue weighted by molar-refractivity contribution is 6.33. The van der Waals surface area contributed by atoms with Gasteiger partial charge in [-0.15, -0.1) is 0 Å². The fraction of sp³-hybridized carbons (Fsp3) is 0.176. The van der Waals surface area contributed by atoms with Gasteiger partial charge in [-0.3, -0.25) is 5.10 Å². The molecule has 0 amide bonds. The van der Waals surface area contributed by atoms with Gasteiger partial charge in [0.15, 0.2) is 5.82 Å². The molecule has 0 fully saturated rings. The van der Waals surface area contributed by atoms with Gasteiger partial charge in [-0.2, -0.15) is 5.10 Å². The topological polar surface area (TPSA) is 76.8 Å². The van der Waals surface area contributed by atoms with E-state index in [9.17, 15) is 0 Å². The van der Waals surface area contributed by atoms with E-state index in [1.54, 1.807) is 19.2 Å². The normalized spacial score (nSPS) is 10.7. The Balaban J connectivity index is 1.80. The molecule has 0 bridgehead atoms. The maximum Gasteiger partial charge on any atom is 0.184 e. The Bertz CT molecular complexity index is 802. The van der Waals surface area contributed by atoms with Crippen molar-refractivity contribution in [2.75, 3.05) is 12.8 Å². The average molecular weight is 329 g/mol. The smallest absolute Gasteiger partial charge is 0.184 e. The molecule has 1 aromatic heterocycles. The lowest BCUT2D eigenvalue weighted by Gasteiger charge is -2.07. The van der Waals surface area contributed by atoms with Crippen LogP contribution in [0.1, 0.15) is 11.4 Å². The number of aromatic nitrogens is 3. The van der Waals surface area contributed by atoms with Crippen molar-refractivity contribution in [3.8, 4) is 17.1 Å². The molecule has 0 radical (unpaired) electrons. The van der Waals surface area contributed by atoms with Crippen LogP contribution in [0.3, 0.4) is 0 Å². The number of hydrogen-bond donors (Lipinski definition) is 2. The minimum Gasteiger partial charge on any atom is -0.496 e. The summed E-state index contributed by atoms with van der Waals surface area (Å²) in [5.74, 6) is 1.96. The van der Waals surface area contributed by atoms with E-state index < -0.39 is 0 Å². The molecule has 0 saturated carbocycles. The molecule has 23 heavy (non-hydrogen) atoms. The molecule has 0 spiro atoms. The molecule has 0 saturated heterocycles. The van der Waals surface area contributed by atoms with Gasteiger partial charge in [-0.05, 0) is 18.1 Å². The summed E-state index contributed by atoms with van der Waals surface area (Å²) >= 11 is 6.09. The Morgan fingerprint density at radius 2 is 1.96 bits per heavy atom. The molecule has 3 aromatic rings. The predicted molar refractivity (Wildman–Crippen MR) is 91.6 cm³/mol. The molecule has 3 rings (SSSR count). The van der Waals surface area contributed by atoms with Crippen LogP contribution in [-0.2, 0) is 12.8 Å². The molecular formula is C17H17ClN4O. The summed E-state index contributed by atoms with van der Waals surface area (Å²) in [4.78, 5) is 4.53. The van der Waals surface area contributed by atoms with Crippen molar-refractivity contribution in [1.82, 2.24) is 15.2 Å². The second-order valence-electron chi connectivity index (χ2n) is 5.17. The van der Waals surface area contributed by atoms with Gasteiger partial charge in [-0.1, -0.05) is 41.9 Å². The first kappa shape index (κ1) is 15.4. The van der Waals surface area contributed by atoms with Crippen molar-refractivity contribution >= 4 is 17.3 Å². The number of benzene rings is 2. The second-order valence-corrected chi connectivity index (χ2v) is 5.57. The fourth-order valence-corrected chi connectivity index (χ4v) is 2.51. The highest BCUT2D eigenvalue weighted by Gasteiger charge is 2.14. The van der Waals surface area contributed by atoms with E-state index in [1.807, 2.05) is 18.2 Å². The van der Waals surface area contributed by atoms with Crippen LogP contribution in [0.25, 0.3) is 11.4 Å². The van der Waals surface area contributed by atoms with Crippen LogP contribution >= 0.6 is 11.6 Å². The average Bonchev–Trinajstić information content (AvgIpc) is 3.05. The number of ether oxygens (including phenoxy) is 1. The first-order valence-electron chi connectivity index (χ1n) is 7.26. The minimum atomic E-state index is 0.455. The number of nitrogens with zero attached hydrogens (tertiary/aromatic N) is 2. The zero-order chi connectivity index (χ0) is 16.2. The largest absolute Gasteiger partial charge is 0.496 e. The van der Waals surface area contributed by atoms with E-state index in [-0.39, 0.29) is 0 Å². The third-order valence-corrected chi connectivity index (χ3v) is 3.91. The third-order valence-electron chi connectivity index (χ3n) is 3.58. The quantitative estimate of drug-likeness (QED) is 0.703. The van der Waals surface area contributed by atoms with Gasteiger partial charge in [0.25, 0.3) is 0 Å². The first-order valence-corrected chi connectivity index (χ1v) is 7.63. The highest BCUT2D eigenvalue weighted by Crippen LogP contribution is 2.34. The van der Waals surface area contributed by atoms with Gasteiger partial charge < -0.3 is 10.5 Å². The number of nitrogens with one attached hydrogen (secondary N) is 1. The zero-order valence-electron chi connectivity index (χ0n) is 12.7. The summed E-state index contributed by atoms with van der Waals surface area (Å²) in [7, 11) is 1.58. The Kier molecular flexibility index (Phi) is 4.48. The Labute approximate surface area is 139 Å². The number of hydrogen-bond acceptors (Lipinski definition) is 4. The van der Waals surface area contributed by atoms with Crippen LogP contribution < -0.4 is 10.5 Å². The number of anilines is 1. The van der Waals surface area contributed by atoms with Crippen LogP contribution in [0.4, 0.5) is 5.69 Å². The number of methoxy groups -OCH3 is 1. The molecule has 118 valence electrons. The van der Waals surface area contributed by atoms with Crippen molar-refractivity contribution in [1.29, 1.82) is 0 Å². The summed E-state index contributed by atoms with van der Waals surface area (Å²) < 4.78 is 5.34. The summed E-state index contributed by atoms with van der Waals surface area (Å²) in [6.45, 7) is 0. The van der Waals surface area contributed by atoms with E-state index in [0.29, 0.717) is 27.8 Å². The van der Waals surface area contributed by atoms with Gasteiger partial charge >= 0.3 is 0 Å². The molecule has 2 aromatic carbocycles. The number of rotatable bonds is 5. The lowest BCUT2D eigenvalue weighted by Crippen LogP contribution is -1.95. The number of aryl methyl sites for hydroxylation is 2. The maximum atomic E-state index is 6.09. The molecule has 0 aliphatic carbocycles. The number of halogens is 1. The number of nitrogens with two attached hydrogens (primary N) is 1. The van der Waals surface area contributed by atoms with Crippen molar-refractivity contribution in [3.05, 3.63) is 58.9 Å². The van der Waals surface area contributed by atoms with Gasteiger partial charge in [0, 0.05) is 12.5 Å². The third kappa shape index (κ3) is 3.46. The Morgan fingerprint density at radius 1 is 1.17 bits per heavy atom. The Hall–Kier alpha value is -2.53. The number of nitrogen functional groups attached to an aromatic ring is 1. The minimum absolute atomic E-state index is 0.455. The summed E-state index contributed by atoms with van der Waals surface area (Å²) in [5, 5.41) is 7.69. The zero-order valence-corrected chi connectivity index (χ0v) is 13.5. The van der Waals surface area contributed by atoms with E-state index in [2.05, 4.69) is 27.3 Å². The molecule has 3 N–H and O–H groups in total. The van der Waals surface area contributed by atoms with Crippen molar-refractivity contribution in [2.24, 2.45) is 0 Å². The van der Waals surface area contributed by atoms with Crippen LogP contribution in [-0.4, -0.2) is 22.3 Å². The molecule has 0 unspecified atom stereocenters. The van der Waals surface area contributed by atoms with E-state index in [1.165, 1.54) is 5.56 Å². The molecule has 6 heteroatoms. The van der Waals surface area contributed by atoms with E-state index in [0.717, 1.165) is 18.7 Å². The van der Waals surface area contributed by atoms with Gasteiger partial charge in [-0.25, -0.2) is 4.98 Å². The number of aromatic amines is 1. The van der Waals surface area contributed by atoms with Gasteiger partial charge in [0.05, 0.1) is 23.4 Å². The second kappa shape index (κ2) is 6.71. The first-order chi connectivity index (χ1) is 11.2. The van der Waals surface area contributed by atoms with Gasteiger partial charge in [0.1, 0.15) is 11.6 Å². The van der Waals surface area contributed by atoms with Crippen LogP contribution in [0.2, 0.25) is 5.02 Å². The summed E-state index contributed by atoms with van der Waals surface area (Å²) in [5.41, 5.74) is 8.24. The lowest BCUT2D eigenvalue weighted by molar-refractivity contribution is 0.416. The van der Waals surface area contributed by atoms with Crippen molar-refractivity contribution < 1.29 is 4.74 Å². The van der Waals surface area contributed by atoms with Crippen molar-refractivity contribution in [2.45, 2.75) is 12.8 Å². The van der Waals surface area contributed by atoms with Crippen LogP contribution in [0.15, 0.2) is 42.5 Å². The SMILES string of the molecule is COc1cc(N)c(Cl)cc1-c1n[nH]c(CCc2ccccc2)n1. The standard InChI is InChI=1S/C17H17ClN4O/c1-23-15-10-14(19)13(18)9-12(15)17-20-16(21-22-17)8-7-11-5-3-2-4-6-11/h2-6,9-10H,7-8,19H2,1H3,(H,20,21,22). The predicted octanol–water partition coefficient (Wildman–Crippen LogP) is 3.50. The van der Waals surface area contributed by atoms with Gasteiger partial charge in [0.2, 0.25) is 0 Å². The molecular weight excluding hydrogens is 312 g/mol. The highest BCUT2D eigenvalue weighted by atomic mass is 35.5. The monoisotopic (exact) mass is 328 g/mol. The molecule has 0 aliphatic heterocycles. The van der Waals surface area contributed by atoms with Crippen LogP contribution in [0.5, 0.6) is 5.75 Å². The van der Waals surface area contributed by atoms with Crippen molar-refractivity contribution in [3.63, 3.8) is 0 Å². The van der Waals surface area contributed by atoms with Crippen LogP contribution in [0, 0.1) is 0 Å². The van der Waals surface area contributed by atoms with E-state index in [4.69, 9.17) is 22.1 Å². The molecule has 5 nitrogen and oxygen atoms in total. The molecule has 0 atom stereocenters.